The first-order valence-electron chi connectivity index (χ1n) is 6.20. The van der Waals surface area contributed by atoms with Crippen molar-refractivity contribution < 1.29 is 4.42 Å². The maximum absolute atomic E-state index is 5.70. The zero-order valence-electron chi connectivity index (χ0n) is 10.5. The van der Waals surface area contributed by atoms with Gasteiger partial charge in [-0.25, -0.2) is 0 Å². The molecule has 0 aliphatic carbocycles. The summed E-state index contributed by atoms with van der Waals surface area (Å²) in [6, 6.07) is 5.17. The van der Waals surface area contributed by atoms with E-state index in [1.54, 1.807) is 0 Å². The Kier molecular flexibility index (Phi) is 3.66. The number of rotatable bonds is 2. The van der Waals surface area contributed by atoms with E-state index in [0.717, 1.165) is 31.2 Å². The summed E-state index contributed by atoms with van der Waals surface area (Å²) < 4.78 is 5.70. The summed E-state index contributed by atoms with van der Waals surface area (Å²) in [4.78, 5) is 2.49. The molecule has 1 N–H and O–H groups in total. The van der Waals surface area contributed by atoms with Gasteiger partial charge in [0, 0.05) is 25.7 Å². The summed E-state index contributed by atoms with van der Waals surface area (Å²) in [5, 5.41) is 3.51. The van der Waals surface area contributed by atoms with Crippen molar-refractivity contribution >= 4 is 0 Å². The van der Waals surface area contributed by atoms with Crippen molar-refractivity contribution in [2.45, 2.75) is 39.3 Å². The Balaban J connectivity index is 2.01. The SMILES string of the molecule is Cc1ccc(C(C)N2CCNC(C)CC2)o1. The molecule has 0 aromatic carbocycles. The molecule has 1 aliphatic heterocycles. The van der Waals surface area contributed by atoms with Gasteiger partial charge in [-0.1, -0.05) is 0 Å². The summed E-state index contributed by atoms with van der Waals surface area (Å²) in [7, 11) is 0. The van der Waals surface area contributed by atoms with E-state index >= 15 is 0 Å². The van der Waals surface area contributed by atoms with Crippen LogP contribution in [0, 0.1) is 6.92 Å². The van der Waals surface area contributed by atoms with Gasteiger partial charge < -0.3 is 9.73 Å². The first-order chi connectivity index (χ1) is 7.66. The topological polar surface area (TPSA) is 28.4 Å². The van der Waals surface area contributed by atoms with Gasteiger partial charge in [-0.05, 0) is 39.3 Å². The molecule has 0 spiro atoms. The second-order valence-electron chi connectivity index (χ2n) is 4.80. The number of aryl methyl sites for hydroxylation is 1. The Labute approximate surface area is 97.8 Å². The van der Waals surface area contributed by atoms with Crippen LogP contribution in [-0.4, -0.2) is 30.6 Å². The molecule has 1 aromatic heterocycles. The molecule has 0 radical (unpaired) electrons. The largest absolute Gasteiger partial charge is 0.465 e. The first kappa shape index (κ1) is 11.7. The lowest BCUT2D eigenvalue weighted by Gasteiger charge is -2.25. The summed E-state index contributed by atoms with van der Waals surface area (Å²) >= 11 is 0. The average Bonchev–Trinajstić information content (AvgIpc) is 2.57. The Bertz CT molecular complexity index is 334. The van der Waals surface area contributed by atoms with Gasteiger partial charge >= 0.3 is 0 Å². The van der Waals surface area contributed by atoms with Crippen molar-refractivity contribution in [1.29, 1.82) is 0 Å². The van der Waals surface area contributed by atoms with Crippen LogP contribution < -0.4 is 5.32 Å². The fraction of sp³-hybridized carbons (Fsp3) is 0.692. The molecule has 1 aliphatic rings. The monoisotopic (exact) mass is 222 g/mol. The van der Waals surface area contributed by atoms with E-state index in [1.165, 1.54) is 6.42 Å². The highest BCUT2D eigenvalue weighted by Gasteiger charge is 2.21. The summed E-state index contributed by atoms with van der Waals surface area (Å²) in [5.41, 5.74) is 0. The second-order valence-corrected chi connectivity index (χ2v) is 4.80. The fourth-order valence-electron chi connectivity index (χ4n) is 2.27. The third kappa shape index (κ3) is 2.66. The van der Waals surface area contributed by atoms with Crippen molar-refractivity contribution in [3.05, 3.63) is 23.7 Å². The molecule has 1 aromatic rings. The summed E-state index contributed by atoms with van der Waals surface area (Å²) in [6.45, 7) is 9.81. The molecule has 0 saturated carbocycles. The number of furan rings is 1. The van der Waals surface area contributed by atoms with Gasteiger partial charge in [0.25, 0.3) is 0 Å². The van der Waals surface area contributed by atoms with E-state index in [0.29, 0.717) is 12.1 Å². The highest BCUT2D eigenvalue weighted by atomic mass is 16.3. The number of hydrogen-bond acceptors (Lipinski definition) is 3. The van der Waals surface area contributed by atoms with Crippen molar-refractivity contribution in [2.24, 2.45) is 0 Å². The van der Waals surface area contributed by atoms with Crippen molar-refractivity contribution in [1.82, 2.24) is 10.2 Å². The van der Waals surface area contributed by atoms with Gasteiger partial charge in [-0.2, -0.15) is 0 Å². The fourth-order valence-corrected chi connectivity index (χ4v) is 2.27. The van der Waals surface area contributed by atoms with Gasteiger partial charge in [0.2, 0.25) is 0 Å². The number of nitrogens with one attached hydrogen (secondary N) is 1. The molecule has 90 valence electrons. The van der Waals surface area contributed by atoms with Crippen molar-refractivity contribution in [2.75, 3.05) is 19.6 Å². The molecule has 2 heterocycles. The van der Waals surface area contributed by atoms with Crippen LogP contribution in [0.1, 0.15) is 37.8 Å². The molecular weight excluding hydrogens is 200 g/mol. The molecule has 2 unspecified atom stereocenters. The number of nitrogens with zero attached hydrogens (tertiary/aromatic N) is 1. The van der Waals surface area contributed by atoms with Crippen LogP contribution in [0.2, 0.25) is 0 Å². The van der Waals surface area contributed by atoms with Gasteiger partial charge in [-0.3, -0.25) is 4.90 Å². The smallest absolute Gasteiger partial charge is 0.121 e. The van der Waals surface area contributed by atoms with Crippen LogP contribution >= 0.6 is 0 Å². The second kappa shape index (κ2) is 5.02. The standard InChI is InChI=1S/C13H22N2O/c1-10-6-8-15(9-7-14-10)12(3)13-5-4-11(2)16-13/h4-5,10,12,14H,6-9H2,1-3H3. The molecule has 3 heteroatoms. The van der Waals surface area contributed by atoms with E-state index in [9.17, 15) is 0 Å². The van der Waals surface area contributed by atoms with Gasteiger partial charge in [0.15, 0.2) is 0 Å². The molecular formula is C13H22N2O. The molecule has 3 nitrogen and oxygen atoms in total. The maximum atomic E-state index is 5.70. The summed E-state index contributed by atoms with van der Waals surface area (Å²) in [5.74, 6) is 2.09. The Morgan fingerprint density at radius 3 is 2.94 bits per heavy atom. The van der Waals surface area contributed by atoms with Crippen molar-refractivity contribution in [3.8, 4) is 0 Å². The molecule has 0 amide bonds. The van der Waals surface area contributed by atoms with Crippen molar-refractivity contribution in [3.63, 3.8) is 0 Å². The zero-order chi connectivity index (χ0) is 11.5. The Morgan fingerprint density at radius 2 is 2.25 bits per heavy atom. The van der Waals surface area contributed by atoms with E-state index in [1.807, 2.05) is 13.0 Å². The molecule has 2 rings (SSSR count). The van der Waals surface area contributed by atoms with Crippen LogP contribution in [0.15, 0.2) is 16.5 Å². The van der Waals surface area contributed by atoms with Crippen LogP contribution in [0.3, 0.4) is 0 Å². The molecule has 2 atom stereocenters. The lowest BCUT2D eigenvalue weighted by Crippen LogP contribution is -2.31. The first-order valence-corrected chi connectivity index (χ1v) is 6.20. The maximum Gasteiger partial charge on any atom is 0.121 e. The Morgan fingerprint density at radius 1 is 1.44 bits per heavy atom. The highest BCUT2D eigenvalue weighted by molar-refractivity contribution is 5.09. The minimum atomic E-state index is 0.390. The average molecular weight is 222 g/mol. The van der Waals surface area contributed by atoms with Crippen LogP contribution in [0.5, 0.6) is 0 Å². The lowest BCUT2D eigenvalue weighted by atomic mass is 10.2. The quantitative estimate of drug-likeness (QED) is 0.832. The number of hydrogen-bond donors (Lipinski definition) is 1. The summed E-state index contributed by atoms with van der Waals surface area (Å²) in [6.07, 6.45) is 1.21. The third-order valence-electron chi connectivity index (χ3n) is 3.46. The molecule has 16 heavy (non-hydrogen) atoms. The molecule has 0 bridgehead atoms. The predicted molar refractivity (Wildman–Crippen MR) is 65.5 cm³/mol. The minimum absolute atomic E-state index is 0.390. The normalized spacial score (nSPS) is 25.3. The van der Waals surface area contributed by atoms with Crippen LogP contribution in [0.25, 0.3) is 0 Å². The van der Waals surface area contributed by atoms with Gasteiger partial charge in [-0.15, -0.1) is 0 Å². The van der Waals surface area contributed by atoms with Gasteiger partial charge in [0.1, 0.15) is 11.5 Å². The van der Waals surface area contributed by atoms with Gasteiger partial charge in [0.05, 0.1) is 6.04 Å². The Hall–Kier alpha value is -0.800. The molecule has 1 saturated heterocycles. The van der Waals surface area contributed by atoms with E-state index < -0.39 is 0 Å². The van der Waals surface area contributed by atoms with Crippen LogP contribution in [0.4, 0.5) is 0 Å². The zero-order valence-corrected chi connectivity index (χ0v) is 10.5. The van der Waals surface area contributed by atoms with E-state index in [4.69, 9.17) is 4.42 Å². The van der Waals surface area contributed by atoms with E-state index in [2.05, 4.69) is 30.1 Å². The molecule has 1 fully saturated rings. The minimum Gasteiger partial charge on any atom is -0.465 e. The van der Waals surface area contributed by atoms with Crippen LogP contribution in [-0.2, 0) is 0 Å². The highest BCUT2D eigenvalue weighted by Crippen LogP contribution is 2.23. The third-order valence-corrected chi connectivity index (χ3v) is 3.46. The lowest BCUT2D eigenvalue weighted by molar-refractivity contribution is 0.198. The van der Waals surface area contributed by atoms with E-state index in [-0.39, 0.29) is 0 Å². The predicted octanol–water partition coefficient (Wildman–Crippen LogP) is 2.33.